The first-order chi connectivity index (χ1) is 8.21. The Kier molecular flexibility index (Phi) is 4.01. The molecule has 0 heterocycles. The minimum Gasteiger partial charge on any atom is -0.368 e. The van der Waals surface area contributed by atoms with Crippen LogP contribution in [0.4, 0.5) is 13.2 Å². The lowest BCUT2D eigenvalue weighted by Crippen LogP contribution is -2.50. The van der Waals surface area contributed by atoms with Crippen molar-refractivity contribution in [1.82, 2.24) is 5.32 Å². The molecule has 1 amide bonds. The van der Waals surface area contributed by atoms with Gasteiger partial charge in [0.15, 0.2) is 0 Å². The van der Waals surface area contributed by atoms with Gasteiger partial charge < -0.3 is 11.1 Å². The maximum absolute atomic E-state index is 12.6. The molecule has 1 unspecified atom stereocenters. The van der Waals surface area contributed by atoms with Crippen molar-refractivity contribution in [2.75, 3.05) is 6.54 Å². The summed E-state index contributed by atoms with van der Waals surface area (Å²) in [4.78, 5) is 11.5. The smallest absolute Gasteiger partial charge is 0.368 e. The van der Waals surface area contributed by atoms with Crippen LogP contribution in [0.25, 0.3) is 0 Å². The second-order valence-corrected chi connectivity index (χ2v) is 4.10. The van der Waals surface area contributed by atoms with Crippen molar-refractivity contribution in [3.8, 4) is 0 Å². The summed E-state index contributed by atoms with van der Waals surface area (Å²) in [5.74, 6) is -0.719. The lowest BCUT2D eigenvalue weighted by Gasteiger charge is -2.28. The number of benzene rings is 1. The maximum Gasteiger partial charge on any atom is 0.416 e. The van der Waals surface area contributed by atoms with Crippen molar-refractivity contribution >= 4 is 5.91 Å². The van der Waals surface area contributed by atoms with Crippen molar-refractivity contribution < 1.29 is 18.0 Å². The lowest BCUT2D eigenvalue weighted by molar-refractivity contribution is -0.138. The van der Waals surface area contributed by atoms with Gasteiger partial charge in [0.2, 0.25) is 5.91 Å². The highest BCUT2D eigenvalue weighted by atomic mass is 19.4. The van der Waals surface area contributed by atoms with Crippen LogP contribution >= 0.6 is 0 Å². The Hall–Kier alpha value is -1.56. The fraction of sp³-hybridized carbons (Fsp3) is 0.417. The van der Waals surface area contributed by atoms with E-state index in [0.29, 0.717) is 6.54 Å². The van der Waals surface area contributed by atoms with Gasteiger partial charge in [-0.3, -0.25) is 4.79 Å². The third-order valence-electron chi connectivity index (χ3n) is 2.79. The van der Waals surface area contributed by atoms with Crippen LogP contribution in [0, 0.1) is 0 Å². The number of likely N-dealkylation sites (N-methyl/N-ethyl adjacent to an activating group) is 1. The number of hydrogen-bond donors (Lipinski definition) is 2. The average Bonchev–Trinajstić information content (AvgIpc) is 2.28. The SMILES string of the molecule is CCNC(C)(C(N)=O)c1cccc(C(F)(F)F)c1. The minimum absolute atomic E-state index is 0.201. The molecule has 1 aromatic carbocycles. The van der Waals surface area contributed by atoms with Gasteiger partial charge in [-0.05, 0) is 31.2 Å². The van der Waals surface area contributed by atoms with Gasteiger partial charge in [-0.1, -0.05) is 19.1 Å². The van der Waals surface area contributed by atoms with E-state index in [0.717, 1.165) is 12.1 Å². The van der Waals surface area contributed by atoms with Crippen LogP contribution in [0.15, 0.2) is 24.3 Å². The van der Waals surface area contributed by atoms with Crippen LogP contribution in [-0.2, 0) is 16.5 Å². The molecule has 1 aromatic rings. The molecule has 0 spiro atoms. The number of nitrogens with one attached hydrogen (secondary N) is 1. The van der Waals surface area contributed by atoms with Crippen LogP contribution in [0.5, 0.6) is 0 Å². The molecule has 3 N–H and O–H groups in total. The molecule has 0 saturated carbocycles. The largest absolute Gasteiger partial charge is 0.416 e. The summed E-state index contributed by atoms with van der Waals surface area (Å²) < 4.78 is 37.8. The Morgan fingerprint density at radius 1 is 1.33 bits per heavy atom. The highest BCUT2D eigenvalue weighted by Crippen LogP contribution is 2.32. The predicted octanol–water partition coefficient (Wildman–Crippen LogP) is 2.02. The van der Waals surface area contributed by atoms with Crippen LogP contribution in [0.3, 0.4) is 0 Å². The summed E-state index contributed by atoms with van der Waals surface area (Å²) >= 11 is 0. The minimum atomic E-state index is -4.44. The number of hydrogen-bond acceptors (Lipinski definition) is 2. The first-order valence-electron chi connectivity index (χ1n) is 5.44. The molecule has 0 aliphatic rings. The number of rotatable bonds is 4. The summed E-state index contributed by atoms with van der Waals surface area (Å²) in [5.41, 5.74) is 3.36. The summed E-state index contributed by atoms with van der Waals surface area (Å²) in [5, 5.41) is 2.81. The van der Waals surface area contributed by atoms with Crippen molar-refractivity contribution in [1.29, 1.82) is 0 Å². The maximum atomic E-state index is 12.6. The van der Waals surface area contributed by atoms with Crippen LogP contribution in [0.1, 0.15) is 25.0 Å². The van der Waals surface area contributed by atoms with Gasteiger partial charge >= 0.3 is 6.18 Å². The topological polar surface area (TPSA) is 55.1 Å². The van der Waals surface area contributed by atoms with Crippen molar-refractivity contribution in [2.45, 2.75) is 25.6 Å². The molecule has 0 radical (unpaired) electrons. The van der Waals surface area contributed by atoms with Gasteiger partial charge in [0.25, 0.3) is 0 Å². The first-order valence-corrected chi connectivity index (χ1v) is 5.44. The number of nitrogens with two attached hydrogens (primary N) is 1. The molecule has 1 atom stereocenters. The average molecular weight is 260 g/mol. The number of amides is 1. The monoisotopic (exact) mass is 260 g/mol. The molecule has 3 nitrogen and oxygen atoms in total. The molecule has 6 heteroatoms. The second kappa shape index (κ2) is 4.97. The van der Waals surface area contributed by atoms with Crippen molar-refractivity contribution in [2.24, 2.45) is 5.73 Å². The van der Waals surface area contributed by atoms with E-state index < -0.39 is 23.2 Å². The zero-order valence-corrected chi connectivity index (χ0v) is 10.1. The first kappa shape index (κ1) is 14.5. The molecule has 0 saturated heterocycles. The summed E-state index contributed by atoms with van der Waals surface area (Å²) in [7, 11) is 0. The summed E-state index contributed by atoms with van der Waals surface area (Å²) in [6, 6.07) is 4.60. The highest BCUT2D eigenvalue weighted by Gasteiger charge is 2.36. The molecule has 0 aliphatic heterocycles. The highest BCUT2D eigenvalue weighted by molar-refractivity contribution is 5.85. The lowest BCUT2D eigenvalue weighted by atomic mass is 9.90. The molecule has 1 rings (SSSR count). The Balaban J connectivity index is 3.27. The Bertz CT molecular complexity index is 445. The van der Waals surface area contributed by atoms with E-state index in [1.807, 2.05) is 0 Å². The van der Waals surface area contributed by atoms with E-state index in [2.05, 4.69) is 5.32 Å². The fourth-order valence-electron chi connectivity index (χ4n) is 1.69. The Morgan fingerprint density at radius 2 is 1.89 bits per heavy atom. The number of primary amides is 1. The zero-order chi connectivity index (χ0) is 14.0. The van der Waals surface area contributed by atoms with E-state index >= 15 is 0 Å². The van der Waals surface area contributed by atoms with Gasteiger partial charge in [-0.15, -0.1) is 0 Å². The van der Waals surface area contributed by atoms with E-state index in [4.69, 9.17) is 5.73 Å². The third kappa shape index (κ3) is 2.81. The predicted molar refractivity (Wildman–Crippen MR) is 61.7 cm³/mol. The zero-order valence-electron chi connectivity index (χ0n) is 10.1. The van der Waals surface area contributed by atoms with Gasteiger partial charge in [0, 0.05) is 0 Å². The van der Waals surface area contributed by atoms with E-state index in [-0.39, 0.29) is 5.56 Å². The van der Waals surface area contributed by atoms with E-state index in [1.54, 1.807) is 6.92 Å². The number of carbonyl (C=O) groups is 1. The molecule has 0 fully saturated rings. The molecular weight excluding hydrogens is 245 g/mol. The quantitative estimate of drug-likeness (QED) is 0.870. The normalized spacial score (nSPS) is 15.2. The molecule has 100 valence electrons. The molecule has 0 bridgehead atoms. The van der Waals surface area contributed by atoms with Gasteiger partial charge in [-0.25, -0.2) is 0 Å². The molecule has 0 aliphatic carbocycles. The van der Waals surface area contributed by atoms with Crippen LogP contribution in [-0.4, -0.2) is 12.5 Å². The Labute approximate surface area is 103 Å². The Morgan fingerprint density at radius 3 is 2.33 bits per heavy atom. The van der Waals surface area contributed by atoms with E-state index in [9.17, 15) is 18.0 Å². The number of halogens is 3. The van der Waals surface area contributed by atoms with Crippen molar-refractivity contribution in [3.05, 3.63) is 35.4 Å². The van der Waals surface area contributed by atoms with E-state index in [1.165, 1.54) is 19.1 Å². The van der Waals surface area contributed by atoms with Crippen LogP contribution in [0.2, 0.25) is 0 Å². The van der Waals surface area contributed by atoms with Crippen LogP contribution < -0.4 is 11.1 Å². The fourth-order valence-corrected chi connectivity index (χ4v) is 1.69. The molecule has 0 aromatic heterocycles. The van der Waals surface area contributed by atoms with Gasteiger partial charge in [0.1, 0.15) is 5.54 Å². The standard InChI is InChI=1S/C12H15F3N2O/c1-3-17-11(2,10(16)18)8-5-4-6-9(7-8)12(13,14)15/h4-7,17H,3H2,1-2H3,(H2,16,18). The third-order valence-corrected chi connectivity index (χ3v) is 2.79. The van der Waals surface area contributed by atoms with Gasteiger partial charge in [0.05, 0.1) is 5.56 Å². The van der Waals surface area contributed by atoms with Crippen molar-refractivity contribution in [3.63, 3.8) is 0 Å². The molecular formula is C12H15F3N2O. The second-order valence-electron chi connectivity index (χ2n) is 4.10. The number of carbonyl (C=O) groups excluding carboxylic acids is 1. The van der Waals surface area contributed by atoms with Gasteiger partial charge in [-0.2, -0.15) is 13.2 Å². The summed E-state index contributed by atoms with van der Waals surface area (Å²) in [6.45, 7) is 3.62. The molecule has 18 heavy (non-hydrogen) atoms. The summed E-state index contributed by atoms with van der Waals surface area (Å²) in [6.07, 6.45) is -4.44. The number of alkyl halides is 3.